The summed E-state index contributed by atoms with van der Waals surface area (Å²) in [7, 11) is 1.62. The largest absolute Gasteiger partial charge is 0.496 e. The van der Waals surface area contributed by atoms with E-state index in [1.165, 1.54) is 0 Å². The Bertz CT molecular complexity index is 1060. The zero-order valence-corrected chi connectivity index (χ0v) is 19.6. The zero-order chi connectivity index (χ0) is 23.9. The lowest BCUT2D eigenvalue weighted by atomic mass is 10.2. The lowest BCUT2D eigenvalue weighted by Crippen LogP contribution is -2.06. The number of H-pyrrole nitrogens is 1. The van der Waals surface area contributed by atoms with Crippen molar-refractivity contribution in [3.05, 3.63) is 102 Å². The van der Waals surface area contributed by atoms with Crippen LogP contribution in [0, 0.1) is 0 Å². The van der Waals surface area contributed by atoms with Crippen molar-refractivity contribution in [1.29, 1.82) is 0 Å². The molecule has 0 fully saturated rings. The number of allylic oxidation sites excluding steroid dienone is 4. The van der Waals surface area contributed by atoms with Gasteiger partial charge in [-0.25, -0.2) is 0 Å². The molecule has 33 heavy (non-hydrogen) atoms. The summed E-state index contributed by atoms with van der Waals surface area (Å²) >= 11 is 0. The lowest BCUT2D eigenvalue weighted by molar-refractivity contribution is 0.263. The molecule has 172 valence electrons. The summed E-state index contributed by atoms with van der Waals surface area (Å²) in [6.45, 7) is 12.7. The first-order chi connectivity index (χ1) is 16.1. The maximum absolute atomic E-state index is 5.83. The molecule has 0 aliphatic rings. The monoisotopic (exact) mass is 444 g/mol. The van der Waals surface area contributed by atoms with E-state index in [4.69, 9.17) is 9.47 Å². The third kappa shape index (κ3) is 8.99. The number of nitrogens with zero attached hydrogens (tertiary/aromatic N) is 3. The second-order valence-corrected chi connectivity index (χ2v) is 7.04. The molecule has 0 saturated carbocycles. The first-order valence-electron chi connectivity index (χ1n) is 10.8. The number of hydrogen-bond acceptors (Lipinski definition) is 5. The van der Waals surface area contributed by atoms with E-state index in [0.29, 0.717) is 18.1 Å². The van der Waals surface area contributed by atoms with Crippen LogP contribution in [-0.2, 0) is 9.47 Å². The van der Waals surface area contributed by atoms with Gasteiger partial charge in [-0.15, -0.1) is 0 Å². The maximum atomic E-state index is 5.83. The SMILES string of the molecule is C=CC(CO/C(C=C)=C/C(OC)=C(C)/C=C/c1cc(/C=C/c2ccccn2)[nH]n1)=NCCC. The van der Waals surface area contributed by atoms with Gasteiger partial charge in [-0.1, -0.05) is 32.2 Å². The minimum atomic E-state index is 0.329. The summed E-state index contributed by atoms with van der Waals surface area (Å²) < 4.78 is 11.4. The smallest absolute Gasteiger partial charge is 0.130 e. The molecule has 1 N–H and O–H groups in total. The highest BCUT2D eigenvalue weighted by Crippen LogP contribution is 2.15. The van der Waals surface area contributed by atoms with Crippen LogP contribution in [0.2, 0.25) is 0 Å². The van der Waals surface area contributed by atoms with Gasteiger partial charge in [0.15, 0.2) is 0 Å². The van der Waals surface area contributed by atoms with Crippen LogP contribution >= 0.6 is 0 Å². The Morgan fingerprint density at radius 1 is 1.15 bits per heavy atom. The maximum Gasteiger partial charge on any atom is 0.130 e. The van der Waals surface area contributed by atoms with Crippen molar-refractivity contribution in [3.8, 4) is 0 Å². The molecule has 6 heteroatoms. The van der Waals surface area contributed by atoms with Crippen molar-refractivity contribution in [2.75, 3.05) is 20.3 Å². The van der Waals surface area contributed by atoms with Crippen molar-refractivity contribution >= 4 is 23.9 Å². The van der Waals surface area contributed by atoms with Gasteiger partial charge in [0.2, 0.25) is 0 Å². The van der Waals surface area contributed by atoms with Gasteiger partial charge >= 0.3 is 0 Å². The molecular formula is C27H32N4O2. The second-order valence-electron chi connectivity index (χ2n) is 7.04. The molecule has 0 radical (unpaired) electrons. The highest BCUT2D eigenvalue weighted by Gasteiger charge is 2.03. The number of aromatic amines is 1. The fourth-order valence-corrected chi connectivity index (χ4v) is 2.67. The predicted octanol–water partition coefficient (Wildman–Crippen LogP) is 6.03. The Morgan fingerprint density at radius 3 is 2.67 bits per heavy atom. The van der Waals surface area contributed by atoms with Crippen molar-refractivity contribution in [2.24, 2.45) is 4.99 Å². The molecule has 2 rings (SSSR count). The Balaban J connectivity index is 2.08. The molecule has 2 aromatic heterocycles. The van der Waals surface area contributed by atoms with E-state index < -0.39 is 0 Å². The lowest BCUT2D eigenvalue weighted by Gasteiger charge is -2.09. The summed E-state index contributed by atoms with van der Waals surface area (Å²) in [6, 6.07) is 7.74. The summed E-state index contributed by atoms with van der Waals surface area (Å²) in [5, 5.41) is 7.32. The Kier molecular flexibility index (Phi) is 10.9. The first kappa shape index (κ1) is 25.3. The van der Waals surface area contributed by atoms with Crippen LogP contribution in [0.3, 0.4) is 0 Å². The van der Waals surface area contributed by atoms with E-state index in [2.05, 4.69) is 40.3 Å². The average Bonchev–Trinajstić information content (AvgIpc) is 3.31. The standard InChI is InChI=1S/C27H32N4O2/c1-6-16-28-22(7-2)20-33-26(8-3)19-27(32-5)21(4)12-13-24-18-25(31-30-24)15-14-23-11-9-10-17-29-23/h7-15,17-19H,2-3,6,16,20H2,1,4-5H3,(H,30,31)/b13-12+,15-14+,26-19+,27-21-,28-22?. The Hall–Kier alpha value is -3.93. The highest BCUT2D eigenvalue weighted by atomic mass is 16.5. The van der Waals surface area contributed by atoms with Gasteiger partial charge in [0.25, 0.3) is 0 Å². The molecule has 0 atom stereocenters. The van der Waals surface area contributed by atoms with Crippen LogP contribution < -0.4 is 0 Å². The number of aliphatic imine (C=N–C) groups is 1. The molecule has 0 bridgehead atoms. The zero-order valence-electron chi connectivity index (χ0n) is 19.6. The summed E-state index contributed by atoms with van der Waals surface area (Å²) in [6.07, 6.45) is 15.6. The number of rotatable bonds is 13. The quantitative estimate of drug-likeness (QED) is 0.232. The molecule has 6 nitrogen and oxygen atoms in total. The molecular weight excluding hydrogens is 412 g/mol. The topological polar surface area (TPSA) is 72.4 Å². The van der Waals surface area contributed by atoms with E-state index in [1.807, 2.05) is 55.5 Å². The third-order valence-corrected chi connectivity index (χ3v) is 4.49. The van der Waals surface area contributed by atoms with Crippen LogP contribution in [0.25, 0.3) is 18.2 Å². The Morgan fingerprint density at radius 2 is 2.00 bits per heavy atom. The molecule has 0 aliphatic carbocycles. The number of nitrogens with one attached hydrogen (secondary N) is 1. The average molecular weight is 445 g/mol. The minimum Gasteiger partial charge on any atom is -0.496 e. The van der Waals surface area contributed by atoms with Gasteiger partial charge in [0.05, 0.1) is 29.9 Å². The van der Waals surface area contributed by atoms with Gasteiger partial charge in [-0.05, 0) is 67.5 Å². The molecule has 0 saturated heterocycles. The Labute approximate surface area is 196 Å². The number of pyridine rings is 1. The molecule has 0 unspecified atom stereocenters. The molecule has 0 amide bonds. The molecule has 2 heterocycles. The predicted molar refractivity (Wildman–Crippen MR) is 138 cm³/mol. The van der Waals surface area contributed by atoms with Crippen molar-refractivity contribution < 1.29 is 9.47 Å². The van der Waals surface area contributed by atoms with Crippen molar-refractivity contribution in [3.63, 3.8) is 0 Å². The second kappa shape index (κ2) is 14.2. The fourth-order valence-electron chi connectivity index (χ4n) is 2.67. The number of aromatic nitrogens is 3. The van der Waals surface area contributed by atoms with Gasteiger partial charge in [0, 0.05) is 18.8 Å². The van der Waals surface area contributed by atoms with Gasteiger partial charge in [0.1, 0.15) is 18.1 Å². The molecule has 2 aromatic rings. The van der Waals surface area contributed by atoms with Crippen molar-refractivity contribution in [1.82, 2.24) is 15.2 Å². The van der Waals surface area contributed by atoms with E-state index >= 15 is 0 Å². The van der Waals surface area contributed by atoms with Gasteiger partial charge in [-0.2, -0.15) is 5.10 Å². The molecule has 0 aromatic carbocycles. The summed E-state index contributed by atoms with van der Waals surface area (Å²) in [4.78, 5) is 8.71. The highest BCUT2D eigenvalue weighted by molar-refractivity contribution is 5.95. The number of ether oxygens (including phenoxy) is 2. The van der Waals surface area contributed by atoms with Crippen molar-refractivity contribution in [2.45, 2.75) is 20.3 Å². The molecule has 0 aliphatic heterocycles. The number of hydrogen-bond donors (Lipinski definition) is 1. The normalized spacial score (nSPS) is 13.3. The van der Waals surface area contributed by atoms with Crippen LogP contribution in [0.1, 0.15) is 37.4 Å². The summed E-state index contributed by atoms with van der Waals surface area (Å²) in [5.41, 5.74) is 4.29. The van der Waals surface area contributed by atoms with E-state index in [-0.39, 0.29) is 0 Å². The van der Waals surface area contributed by atoms with E-state index in [9.17, 15) is 0 Å². The fraction of sp³-hybridized carbons (Fsp3) is 0.222. The van der Waals surface area contributed by atoms with Crippen LogP contribution in [0.5, 0.6) is 0 Å². The minimum absolute atomic E-state index is 0.329. The number of methoxy groups -OCH3 is 1. The van der Waals surface area contributed by atoms with Crippen LogP contribution in [0.15, 0.2) is 90.0 Å². The summed E-state index contributed by atoms with van der Waals surface area (Å²) in [5.74, 6) is 1.25. The van der Waals surface area contributed by atoms with Crippen LogP contribution in [-0.4, -0.2) is 41.2 Å². The van der Waals surface area contributed by atoms with Crippen LogP contribution in [0.4, 0.5) is 0 Å². The van der Waals surface area contributed by atoms with E-state index in [0.717, 1.165) is 41.3 Å². The molecule has 0 spiro atoms. The van der Waals surface area contributed by atoms with Gasteiger partial charge < -0.3 is 9.47 Å². The third-order valence-electron chi connectivity index (χ3n) is 4.49. The van der Waals surface area contributed by atoms with Gasteiger partial charge in [-0.3, -0.25) is 15.1 Å². The first-order valence-corrected chi connectivity index (χ1v) is 10.8. The van der Waals surface area contributed by atoms with E-state index in [1.54, 1.807) is 31.5 Å².